The topological polar surface area (TPSA) is 24.9 Å². The average molecular weight is 228 g/mol. The Morgan fingerprint density at radius 1 is 1.18 bits per heavy atom. The zero-order chi connectivity index (χ0) is 12.3. The van der Waals surface area contributed by atoms with Crippen molar-refractivity contribution < 1.29 is 0 Å². The summed E-state index contributed by atoms with van der Waals surface area (Å²) < 4.78 is 0. The standard InChI is InChI=1S/C15H20N2/c1-4-13(11(2)3)17-15-9-5-8-14-12(15)7-6-10-16-14/h5-11,13,17H,4H2,1-3H3. The Labute approximate surface area is 103 Å². The summed E-state index contributed by atoms with van der Waals surface area (Å²) in [5, 5.41) is 4.83. The van der Waals surface area contributed by atoms with Crippen LogP contribution in [0.5, 0.6) is 0 Å². The molecule has 90 valence electrons. The molecule has 17 heavy (non-hydrogen) atoms. The lowest BCUT2D eigenvalue weighted by Crippen LogP contribution is -2.24. The molecule has 0 aliphatic heterocycles. The lowest BCUT2D eigenvalue weighted by Gasteiger charge is -2.22. The van der Waals surface area contributed by atoms with E-state index < -0.39 is 0 Å². The third kappa shape index (κ3) is 2.57. The smallest absolute Gasteiger partial charge is 0.0722 e. The summed E-state index contributed by atoms with van der Waals surface area (Å²) in [4.78, 5) is 4.38. The number of benzene rings is 1. The van der Waals surface area contributed by atoms with Crippen LogP contribution < -0.4 is 5.32 Å². The molecule has 1 aromatic heterocycles. The van der Waals surface area contributed by atoms with E-state index in [1.165, 1.54) is 11.1 Å². The molecule has 1 unspecified atom stereocenters. The summed E-state index contributed by atoms with van der Waals surface area (Å²) >= 11 is 0. The van der Waals surface area contributed by atoms with Gasteiger partial charge in [-0.3, -0.25) is 4.98 Å². The molecule has 0 saturated heterocycles. The van der Waals surface area contributed by atoms with Gasteiger partial charge in [-0.15, -0.1) is 0 Å². The third-order valence-electron chi connectivity index (χ3n) is 3.23. The van der Waals surface area contributed by atoms with Crippen molar-refractivity contribution in [1.29, 1.82) is 0 Å². The number of aromatic nitrogens is 1. The summed E-state index contributed by atoms with van der Waals surface area (Å²) in [6.07, 6.45) is 2.97. The van der Waals surface area contributed by atoms with Crippen molar-refractivity contribution in [3.8, 4) is 0 Å². The fourth-order valence-electron chi connectivity index (χ4n) is 2.17. The fraction of sp³-hybridized carbons (Fsp3) is 0.400. The van der Waals surface area contributed by atoms with Crippen LogP contribution in [-0.2, 0) is 0 Å². The molecule has 2 aromatic rings. The van der Waals surface area contributed by atoms with E-state index in [9.17, 15) is 0 Å². The van der Waals surface area contributed by atoms with Crippen LogP contribution in [0.3, 0.4) is 0 Å². The number of fused-ring (bicyclic) bond motifs is 1. The predicted octanol–water partition coefficient (Wildman–Crippen LogP) is 4.08. The van der Waals surface area contributed by atoms with Crippen molar-refractivity contribution in [3.63, 3.8) is 0 Å². The minimum Gasteiger partial charge on any atom is -0.382 e. The highest BCUT2D eigenvalue weighted by Crippen LogP contribution is 2.23. The first kappa shape index (κ1) is 11.9. The largest absolute Gasteiger partial charge is 0.382 e. The van der Waals surface area contributed by atoms with E-state index in [0.717, 1.165) is 11.9 Å². The first-order valence-electron chi connectivity index (χ1n) is 6.32. The van der Waals surface area contributed by atoms with E-state index in [1.54, 1.807) is 0 Å². The van der Waals surface area contributed by atoms with Gasteiger partial charge in [0.05, 0.1) is 5.52 Å². The van der Waals surface area contributed by atoms with Gasteiger partial charge in [-0.1, -0.05) is 26.8 Å². The molecule has 0 amide bonds. The van der Waals surface area contributed by atoms with Crippen LogP contribution in [0.4, 0.5) is 5.69 Å². The number of hydrogen-bond acceptors (Lipinski definition) is 2. The highest BCUT2D eigenvalue weighted by molar-refractivity contribution is 5.91. The van der Waals surface area contributed by atoms with Gasteiger partial charge in [-0.25, -0.2) is 0 Å². The van der Waals surface area contributed by atoms with E-state index in [1.807, 2.05) is 12.3 Å². The lowest BCUT2D eigenvalue weighted by molar-refractivity contribution is 0.511. The van der Waals surface area contributed by atoms with Crippen molar-refractivity contribution in [1.82, 2.24) is 4.98 Å². The Kier molecular flexibility index (Phi) is 3.62. The normalized spacial score (nSPS) is 12.9. The SMILES string of the molecule is CCC(Nc1cccc2ncccc12)C(C)C. The van der Waals surface area contributed by atoms with Crippen LogP contribution >= 0.6 is 0 Å². The van der Waals surface area contributed by atoms with Gasteiger partial charge < -0.3 is 5.32 Å². The van der Waals surface area contributed by atoms with Gasteiger partial charge in [-0.2, -0.15) is 0 Å². The van der Waals surface area contributed by atoms with Gasteiger partial charge in [0.1, 0.15) is 0 Å². The van der Waals surface area contributed by atoms with Crippen LogP contribution in [0.15, 0.2) is 36.5 Å². The van der Waals surface area contributed by atoms with Gasteiger partial charge in [0.2, 0.25) is 0 Å². The molecule has 2 rings (SSSR count). The number of nitrogens with one attached hydrogen (secondary N) is 1. The zero-order valence-corrected chi connectivity index (χ0v) is 10.8. The fourth-order valence-corrected chi connectivity index (χ4v) is 2.17. The Bertz CT molecular complexity index is 486. The second kappa shape index (κ2) is 5.17. The van der Waals surface area contributed by atoms with Gasteiger partial charge in [-0.05, 0) is 36.6 Å². The molecule has 0 radical (unpaired) electrons. The molecular formula is C15H20N2. The second-order valence-corrected chi connectivity index (χ2v) is 4.78. The second-order valence-electron chi connectivity index (χ2n) is 4.78. The summed E-state index contributed by atoms with van der Waals surface area (Å²) in [6, 6.07) is 10.9. The van der Waals surface area contributed by atoms with Gasteiger partial charge >= 0.3 is 0 Å². The molecule has 2 nitrogen and oxygen atoms in total. The quantitative estimate of drug-likeness (QED) is 0.852. The van der Waals surface area contributed by atoms with Gasteiger partial charge in [0.15, 0.2) is 0 Å². The Morgan fingerprint density at radius 2 is 2.00 bits per heavy atom. The number of nitrogens with zero attached hydrogens (tertiary/aromatic N) is 1. The summed E-state index contributed by atoms with van der Waals surface area (Å²) in [7, 11) is 0. The van der Waals surface area contributed by atoms with Crippen LogP contribution in [0.1, 0.15) is 27.2 Å². The first-order chi connectivity index (χ1) is 8.22. The Hall–Kier alpha value is -1.57. The van der Waals surface area contributed by atoms with Crippen LogP contribution in [-0.4, -0.2) is 11.0 Å². The maximum atomic E-state index is 4.38. The van der Waals surface area contributed by atoms with E-state index in [2.05, 4.69) is 55.3 Å². The highest BCUT2D eigenvalue weighted by Gasteiger charge is 2.11. The monoisotopic (exact) mass is 228 g/mol. The summed E-state index contributed by atoms with van der Waals surface area (Å²) in [5.74, 6) is 0.631. The Balaban J connectivity index is 2.35. The lowest BCUT2D eigenvalue weighted by atomic mass is 10.0. The van der Waals surface area contributed by atoms with E-state index in [0.29, 0.717) is 12.0 Å². The van der Waals surface area contributed by atoms with E-state index >= 15 is 0 Å². The molecule has 0 saturated carbocycles. The van der Waals surface area contributed by atoms with E-state index in [-0.39, 0.29) is 0 Å². The van der Waals surface area contributed by atoms with Crippen molar-refractivity contribution in [2.24, 2.45) is 5.92 Å². The van der Waals surface area contributed by atoms with Crippen molar-refractivity contribution >= 4 is 16.6 Å². The number of anilines is 1. The molecule has 0 fully saturated rings. The third-order valence-corrected chi connectivity index (χ3v) is 3.23. The number of hydrogen-bond donors (Lipinski definition) is 1. The molecule has 0 aliphatic rings. The Morgan fingerprint density at radius 3 is 2.71 bits per heavy atom. The van der Waals surface area contributed by atoms with Crippen molar-refractivity contribution in [2.75, 3.05) is 5.32 Å². The molecule has 2 heteroatoms. The van der Waals surface area contributed by atoms with Gasteiger partial charge in [0.25, 0.3) is 0 Å². The van der Waals surface area contributed by atoms with Gasteiger partial charge in [0, 0.05) is 23.3 Å². The number of rotatable bonds is 4. The predicted molar refractivity (Wildman–Crippen MR) is 74.3 cm³/mol. The molecule has 1 heterocycles. The maximum absolute atomic E-state index is 4.38. The number of pyridine rings is 1. The molecule has 0 spiro atoms. The average Bonchev–Trinajstić information content (AvgIpc) is 2.35. The van der Waals surface area contributed by atoms with E-state index in [4.69, 9.17) is 0 Å². The molecule has 0 aliphatic carbocycles. The molecule has 1 atom stereocenters. The molecular weight excluding hydrogens is 208 g/mol. The minimum absolute atomic E-state index is 0.515. The van der Waals surface area contributed by atoms with Crippen LogP contribution in [0.2, 0.25) is 0 Å². The highest BCUT2D eigenvalue weighted by atomic mass is 14.9. The van der Waals surface area contributed by atoms with Crippen molar-refractivity contribution in [2.45, 2.75) is 33.2 Å². The zero-order valence-electron chi connectivity index (χ0n) is 10.8. The maximum Gasteiger partial charge on any atom is 0.0722 e. The molecule has 0 bridgehead atoms. The first-order valence-corrected chi connectivity index (χ1v) is 6.32. The molecule has 1 aromatic carbocycles. The van der Waals surface area contributed by atoms with Crippen LogP contribution in [0.25, 0.3) is 10.9 Å². The van der Waals surface area contributed by atoms with Crippen molar-refractivity contribution in [3.05, 3.63) is 36.5 Å². The molecule has 1 N–H and O–H groups in total. The summed E-state index contributed by atoms with van der Waals surface area (Å²) in [6.45, 7) is 6.73. The van der Waals surface area contributed by atoms with Crippen LogP contribution in [0, 0.1) is 5.92 Å². The summed E-state index contributed by atoms with van der Waals surface area (Å²) in [5.41, 5.74) is 2.24. The minimum atomic E-state index is 0.515.